The van der Waals surface area contributed by atoms with E-state index < -0.39 is 16.5 Å². The second-order valence-corrected chi connectivity index (χ2v) is 3.82. The van der Waals surface area contributed by atoms with Crippen LogP contribution in [0.15, 0.2) is 24.3 Å². The molecule has 88 valence electrons. The van der Waals surface area contributed by atoms with E-state index in [9.17, 15) is 9.90 Å². The van der Waals surface area contributed by atoms with Crippen molar-refractivity contribution in [3.63, 3.8) is 0 Å². The van der Waals surface area contributed by atoms with Crippen molar-refractivity contribution < 1.29 is 27.4 Å². The summed E-state index contributed by atoms with van der Waals surface area (Å²) in [7, 11) is -4.67. The molecule has 2 rings (SSSR count). The van der Waals surface area contributed by atoms with E-state index in [4.69, 9.17) is 17.5 Å². The quantitative estimate of drug-likeness (QED) is 0.479. The average molecular weight is 247 g/mol. The Morgan fingerprint density at radius 1 is 1.19 bits per heavy atom. The van der Waals surface area contributed by atoms with Crippen LogP contribution in [0.2, 0.25) is 0 Å². The van der Waals surface area contributed by atoms with Crippen molar-refractivity contribution in [2.24, 2.45) is 0 Å². The number of anilines is 1. The molecule has 0 spiro atoms. The Morgan fingerprint density at radius 3 is 2.19 bits per heavy atom. The minimum atomic E-state index is -4.67. The number of aliphatic hydroxyl groups is 1. The lowest BCUT2D eigenvalue weighted by Crippen LogP contribution is -2.10. The van der Waals surface area contributed by atoms with Crippen molar-refractivity contribution in [3.8, 4) is 0 Å². The van der Waals surface area contributed by atoms with Crippen LogP contribution in [0.4, 0.5) is 5.69 Å². The number of hydrogen-bond acceptors (Lipinski definition) is 4. The van der Waals surface area contributed by atoms with Crippen LogP contribution in [0, 0.1) is 0 Å². The predicted octanol–water partition coefficient (Wildman–Crippen LogP) is 0.0193. The average Bonchev–Trinajstić information content (AvgIpc) is 2.41. The molecule has 0 saturated heterocycles. The summed E-state index contributed by atoms with van der Waals surface area (Å²) in [5.41, 5.74) is 1.38. The molecule has 1 unspecified atom stereocenters. The maximum atomic E-state index is 10.9. The van der Waals surface area contributed by atoms with Gasteiger partial charge in [0.2, 0.25) is 0 Å². The van der Waals surface area contributed by atoms with Gasteiger partial charge in [-0.05, 0) is 6.07 Å². The summed E-state index contributed by atoms with van der Waals surface area (Å²) in [6.07, 6.45) is -0.980. The fourth-order valence-electron chi connectivity index (χ4n) is 1.19. The highest BCUT2D eigenvalue weighted by molar-refractivity contribution is 7.79. The lowest BCUT2D eigenvalue weighted by Gasteiger charge is -1.96. The molecule has 0 aliphatic carbocycles. The molecule has 0 bridgehead atoms. The maximum absolute atomic E-state index is 10.9. The van der Waals surface area contributed by atoms with Crippen LogP contribution in [0.1, 0.15) is 11.7 Å². The maximum Gasteiger partial charge on any atom is 0.394 e. The molecule has 8 heteroatoms. The first kappa shape index (κ1) is 12.6. The third-order valence-corrected chi connectivity index (χ3v) is 1.76. The molecule has 4 N–H and O–H groups in total. The summed E-state index contributed by atoms with van der Waals surface area (Å²) < 4.78 is 31.6. The van der Waals surface area contributed by atoms with Crippen LogP contribution in [0.5, 0.6) is 0 Å². The zero-order valence-corrected chi connectivity index (χ0v) is 8.68. The van der Waals surface area contributed by atoms with Gasteiger partial charge in [-0.2, -0.15) is 8.42 Å². The molecular weight excluding hydrogens is 238 g/mol. The van der Waals surface area contributed by atoms with E-state index in [0.717, 1.165) is 0 Å². The van der Waals surface area contributed by atoms with Crippen molar-refractivity contribution >= 4 is 22.0 Å². The highest BCUT2D eigenvalue weighted by Crippen LogP contribution is 2.29. The van der Waals surface area contributed by atoms with Gasteiger partial charge in [-0.15, -0.1) is 0 Å². The molecule has 1 atom stereocenters. The first-order valence-electron chi connectivity index (χ1n) is 4.07. The van der Waals surface area contributed by atoms with Crippen molar-refractivity contribution in [3.05, 3.63) is 29.8 Å². The van der Waals surface area contributed by atoms with Crippen LogP contribution < -0.4 is 5.32 Å². The fraction of sp³-hybridized carbons (Fsp3) is 0.125. The smallest absolute Gasteiger partial charge is 0.378 e. The zero-order valence-electron chi connectivity index (χ0n) is 7.86. The van der Waals surface area contributed by atoms with Gasteiger partial charge in [0.05, 0.1) is 0 Å². The fourth-order valence-corrected chi connectivity index (χ4v) is 1.19. The lowest BCUT2D eigenvalue weighted by atomic mass is 10.1. The summed E-state index contributed by atoms with van der Waals surface area (Å²) in [6, 6.07) is 7.11. The third-order valence-electron chi connectivity index (χ3n) is 1.76. The van der Waals surface area contributed by atoms with Crippen LogP contribution in [0.3, 0.4) is 0 Å². The lowest BCUT2D eigenvalue weighted by molar-refractivity contribution is -0.123. The minimum absolute atomic E-state index is 0.341. The van der Waals surface area contributed by atoms with Crippen LogP contribution in [-0.2, 0) is 15.2 Å². The van der Waals surface area contributed by atoms with Gasteiger partial charge in [-0.25, -0.2) is 0 Å². The van der Waals surface area contributed by atoms with Gasteiger partial charge >= 0.3 is 10.4 Å². The molecule has 7 nitrogen and oxygen atoms in total. The van der Waals surface area contributed by atoms with Crippen molar-refractivity contribution in [2.45, 2.75) is 6.10 Å². The second kappa shape index (κ2) is 4.58. The summed E-state index contributed by atoms with van der Waals surface area (Å²) in [6.45, 7) is 0. The first-order valence-corrected chi connectivity index (χ1v) is 5.46. The van der Waals surface area contributed by atoms with Crippen LogP contribution in [0.25, 0.3) is 0 Å². The minimum Gasteiger partial charge on any atom is -0.378 e. The largest absolute Gasteiger partial charge is 0.394 e. The standard InChI is InChI=1S/C8H7NO2.H2O4S/c10-7-5-3-1-2-4-6(5)9-8(7)11;1-5(2,3)4/h1-4,7,10H,(H,9,11);(H2,1,2,3,4). The van der Waals surface area contributed by atoms with Crippen LogP contribution in [-0.4, -0.2) is 28.5 Å². The first-order chi connectivity index (χ1) is 7.29. The molecule has 1 aromatic rings. The number of benzene rings is 1. The molecule has 1 aliphatic heterocycles. The summed E-state index contributed by atoms with van der Waals surface area (Å²) in [5, 5.41) is 11.8. The van der Waals surface area contributed by atoms with E-state index in [1.807, 2.05) is 6.07 Å². The molecule has 0 saturated carbocycles. The normalized spacial score (nSPS) is 18.2. The molecule has 1 heterocycles. The monoisotopic (exact) mass is 247 g/mol. The SMILES string of the molecule is O=C1Nc2ccccc2C1O.O=S(=O)(O)O. The number of nitrogens with one attached hydrogen (secondary N) is 1. The highest BCUT2D eigenvalue weighted by Gasteiger charge is 2.27. The Balaban J connectivity index is 0.000000221. The molecule has 1 aromatic carbocycles. The number of amides is 1. The summed E-state index contributed by atoms with van der Waals surface area (Å²) in [5.74, 6) is -0.341. The van der Waals surface area contributed by atoms with Gasteiger partial charge in [0, 0.05) is 11.3 Å². The van der Waals surface area contributed by atoms with Crippen LogP contribution >= 0.6 is 0 Å². The Morgan fingerprint density at radius 2 is 1.69 bits per heavy atom. The van der Waals surface area contributed by atoms with Crippen molar-refractivity contribution in [2.75, 3.05) is 5.32 Å². The highest BCUT2D eigenvalue weighted by atomic mass is 32.3. The van der Waals surface area contributed by atoms with E-state index >= 15 is 0 Å². The molecule has 1 amide bonds. The van der Waals surface area contributed by atoms with E-state index in [1.54, 1.807) is 18.2 Å². The number of fused-ring (bicyclic) bond motifs is 1. The van der Waals surface area contributed by atoms with E-state index in [1.165, 1.54) is 0 Å². The molecular formula is C8H9NO6S. The van der Waals surface area contributed by atoms with Gasteiger partial charge < -0.3 is 10.4 Å². The number of carbonyl (C=O) groups is 1. The Bertz CT molecular complexity index is 489. The molecule has 0 aromatic heterocycles. The van der Waals surface area contributed by atoms with Gasteiger partial charge in [-0.1, -0.05) is 18.2 Å². The number of hydrogen-bond donors (Lipinski definition) is 4. The number of carbonyl (C=O) groups excluding carboxylic acids is 1. The van der Waals surface area contributed by atoms with Gasteiger partial charge in [-0.3, -0.25) is 13.9 Å². The van der Waals surface area contributed by atoms with E-state index in [2.05, 4.69) is 5.32 Å². The summed E-state index contributed by atoms with van der Waals surface area (Å²) in [4.78, 5) is 10.9. The predicted molar refractivity (Wildman–Crippen MR) is 54.2 cm³/mol. The molecule has 1 aliphatic rings. The number of para-hydroxylation sites is 1. The van der Waals surface area contributed by atoms with Crippen molar-refractivity contribution in [1.82, 2.24) is 0 Å². The molecule has 0 fully saturated rings. The summed E-state index contributed by atoms with van der Waals surface area (Å²) >= 11 is 0. The second-order valence-electron chi connectivity index (χ2n) is 2.93. The van der Waals surface area contributed by atoms with Gasteiger partial charge in [0.15, 0.2) is 6.10 Å². The Labute approximate surface area is 91.3 Å². The number of rotatable bonds is 0. The molecule has 0 radical (unpaired) electrons. The number of aliphatic hydroxyl groups excluding tert-OH is 1. The Kier molecular flexibility index (Phi) is 3.60. The van der Waals surface area contributed by atoms with Gasteiger partial charge in [0.1, 0.15) is 0 Å². The van der Waals surface area contributed by atoms with E-state index in [-0.39, 0.29) is 5.91 Å². The molecule has 16 heavy (non-hydrogen) atoms. The zero-order chi connectivity index (χ0) is 12.3. The van der Waals surface area contributed by atoms with Crippen molar-refractivity contribution in [1.29, 1.82) is 0 Å². The van der Waals surface area contributed by atoms with Gasteiger partial charge in [0.25, 0.3) is 5.91 Å². The topological polar surface area (TPSA) is 124 Å². The van der Waals surface area contributed by atoms with E-state index in [0.29, 0.717) is 11.3 Å². The third kappa shape index (κ3) is 3.59. The Hall–Kier alpha value is -1.48.